The third-order valence-corrected chi connectivity index (χ3v) is 1.82. The fraction of sp³-hybridized carbons (Fsp3) is 0.385. The minimum absolute atomic E-state index is 0.0255. The summed E-state index contributed by atoms with van der Waals surface area (Å²) in [6, 6.07) is 9.68. The topological polar surface area (TPSA) is 43.4 Å². The average Bonchev–Trinajstić information content (AvgIpc) is 2.30. The van der Waals surface area contributed by atoms with Gasteiger partial charge in [-0.05, 0) is 19.1 Å². The number of rotatable bonds is 4. The highest BCUT2D eigenvalue weighted by Gasteiger charge is 1.99. The lowest BCUT2D eigenvalue weighted by Gasteiger charge is -1.93. The highest BCUT2D eigenvalue weighted by atomic mass is 16.5. The Morgan fingerprint density at radius 1 is 1.19 bits per heavy atom. The molecule has 88 valence electrons. The number of carbonyl (C=O) groups is 2. The van der Waals surface area contributed by atoms with Crippen molar-refractivity contribution in [2.24, 2.45) is 0 Å². The Kier molecular flexibility index (Phi) is 7.76. The van der Waals surface area contributed by atoms with Crippen LogP contribution in [-0.4, -0.2) is 18.7 Å². The number of hydrogen-bond donors (Lipinski definition) is 0. The lowest BCUT2D eigenvalue weighted by atomic mass is 10.2. The van der Waals surface area contributed by atoms with E-state index in [9.17, 15) is 9.59 Å². The molecule has 0 aliphatic rings. The molecule has 3 heteroatoms. The number of para-hydroxylation sites is 1. The summed E-state index contributed by atoms with van der Waals surface area (Å²) >= 11 is 0. The molecule has 0 atom stereocenters. The molecule has 0 amide bonds. The molecule has 1 rings (SSSR count). The van der Waals surface area contributed by atoms with Gasteiger partial charge in [-0.15, -0.1) is 0 Å². The first-order valence-electron chi connectivity index (χ1n) is 5.20. The van der Waals surface area contributed by atoms with Crippen molar-refractivity contribution >= 4 is 11.6 Å². The van der Waals surface area contributed by atoms with Crippen LogP contribution in [0.1, 0.15) is 26.7 Å². The first-order valence-corrected chi connectivity index (χ1v) is 5.20. The maximum absolute atomic E-state index is 10.4. The van der Waals surface area contributed by atoms with Crippen LogP contribution in [-0.2, 0) is 9.59 Å². The molecule has 0 bridgehead atoms. The molecule has 0 N–H and O–H groups in total. The largest absolute Gasteiger partial charge is 0.497 e. The molecular formula is C13H18O3. The van der Waals surface area contributed by atoms with E-state index < -0.39 is 0 Å². The van der Waals surface area contributed by atoms with Crippen LogP contribution in [0, 0.1) is 0 Å². The Labute approximate surface area is 96.4 Å². The molecule has 0 spiro atoms. The van der Waals surface area contributed by atoms with Crippen molar-refractivity contribution in [3.05, 3.63) is 30.3 Å². The summed E-state index contributed by atoms with van der Waals surface area (Å²) in [7, 11) is 1.66. The molecule has 0 fully saturated rings. The SMILES string of the molecule is CCC(=O)CC(C)=O.COc1ccccc1. The molecule has 0 aromatic heterocycles. The molecule has 0 saturated heterocycles. The summed E-state index contributed by atoms with van der Waals surface area (Å²) in [5, 5.41) is 0. The van der Waals surface area contributed by atoms with Gasteiger partial charge in [0, 0.05) is 6.42 Å². The third kappa shape index (κ3) is 7.74. The predicted octanol–water partition coefficient (Wildman–Crippen LogP) is 2.64. The first kappa shape index (κ1) is 14.4. The van der Waals surface area contributed by atoms with E-state index in [1.165, 1.54) is 6.92 Å². The Morgan fingerprint density at radius 3 is 2.00 bits per heavy atom. The zero-order valence-electron chi connectivity index (χ0n) is 10.0. The van der Waals surface area contributed by atoms with Gasteiger partial charge in [-0.3, -0.25) is 9.59 Å². The fourth-order valence-electron chi connectivity index (χ4n) is 0.959. The van der Waals surface area contributed by atoms with Gasteiger partial charge < -0.3 is 4.74 Å². The number of Topliss-reactive ketones (excluding diaryl/α,β-unsaturated/α-hetero) is 2. The van der Waals surface area contributed by atoms with Gasteiger partial charge in [0.2, 0.25) is 0 Å². The normalized spacial score (nSPS) is 8.69. The monoisotopic (exact) mass is 222 g/mol. The molecule has 1 aromatic rings. The maximum atomic E-state index is 10.4. The van der Waals surface area contributed by atoms with Gasteiger partial charge in [-0.1, -0.05) is 25.1 Å². The van der Waals surface area contributed by atoms with E-state index in [0.717, 1.165) is 5.75 Å². The van der Waals surface area contributed by atoms with Crippen LogP contribution in [0.3, 0.4) is 0 Å². The highest BCUT2D eigenvalue weighted by Crippen LogP contribution is 2.05. The van der Waals surface area contributed by atoms with E-state index in [-0.39, 0.29) is 18.0 Å². The van der Waals surface area contributed by atoms with E-state index in [4.69, 9.17) is 4.74 Å². The molecular weight excluding hydrogens is 204 g/mol. The van der Waals surface area contributed by atoms with Gasteiger partial charge in [0.05, 0.1) is 13.5 Å². The number of ether oxygens (including phenoxy) is 1. The van der Waals surface area contributed by atoms with E-state index >= 15 is 0 Å². The molecule has 0 aliphatic carbocycles. The first-order chi connectivity index (χ1) is 7.60. The molecule has 0 heterocycles. The minimum atomic E-state index is -0.0446. The minimum Gasteiger partial charge on any atom is -0.497 e. The number of ketones is 2. The van der Waals surface area contributed by atoms with E-state index in [0.29, 0.717) is 6.42 Å². The van der Waals surface area contributed by atoms with Crippen molar-refractivity contribution in [1.29, 1.82) is 0 Å². The van der Waals surface area contributed by atoms with Gasteiger partial charge in [-0.2, -0.15) is 0 Å². The van der Waals surface area contributed by atoms with Crippen LogP contribution >= 0.6 is 0 Å². The standard InChI is InChI=1S/C7H8O.C6H10O2/c1-8-7-5-3-2-4-6-7;1-3-6(8)4-5(2)7/h2-6H,1H3;3-4H2,1-2H3. The van der Waals surface area contributed by atoms with Gasteiger partial charge >= 0.3 is 0 Å². The van der Waals surface area contributed by atoms with Gasteiger partial charge in [0.1, 0.15) is 17.3 Å². The summed E-state index contributed by atoms with van der Waals surface area (Å²) in [6.07, 6.45) is 0.579. The smallest absolute Gasteiger partial charge is 0.139 e. The molecule has 16 heavy (non-hydrogen) atoms. The van der Waals surface area contributed by atoms with Gasteiger partial charge in [0.15, 0.2) is 0 Å². The van der Waals surface area contributed by atoms with Crippen molar-refractivity contribution in [3.63, 3.8) is 0 Å². The second-order valence-corrected chi connectivity index (χ2v) is 3.29. The average molecular weight is 222 g/mol. The van der Waals surface area contributed by atoms with Crippen molar-refractivity contribution in [2.75, 3.05) is 7.11 Å². The van der Waals surface area contributed by atoms with E-state index in [1.54, 1.807) is 14.0 Å². The molecule has 1 aromatic carbocycles. The Balaban J connectivity index is 0.000000281. The number of carbonyl (C=O) groups excluding carboxylic acids is 2. The summed E-state index contributed by atoms with van der Waals surface area (Å²) in [5.74, 6) is 0.891. The molecule has 0 aliphatic heterocycles. The van der Waals surface area contributed by atoms with E-state index in [2.05, 4.69) is 0 Å². The molecule has 0 unspecified atom stereocenters. The summed E-state index contributed by atoms with van der Waals surface area (Å²) < 4.78 is 4.91. The second kappa shape index (κ2) is 8.65. The summed E-state index contributed by atoms with van der Waals surface area (Å²) in [4.78, 5) is 20.6. The lowest BCUT2D eigenvalue weighted by molar-refractivity contribution is -0.125. The van der Waals surface area contributed by atoms with Crippen LogP contribution in [0.2, 0.25) is 0 Å². The number of benzene rings is 1. The van der Waals surface area contributed by atoms with Crippen LogP contribution in [0.5, 0.6) is 5.75 Å². The van der Waals surface area contributed by atoms with Crippen molar-refractivity contribution in [1.82, 2.24) is 0 Å². The Hall–Kier alpha value is -1.64. The zero-order valence-corrected chi connectivity index (χ0v) is 10.0. The van der Waals surface area contributed by atoms with Crippen molar-refractivity contribution in [3.8, 4) is 5.75 Å². The quantitative estimate of drug-likeness (QED) is 0.735. The number of methoxy groups -OCH3 is 1. The molecule has 3 nitrogen and oxygen atoms in total. The predicted molar refractivity (Wildman–Crippen MR) is 63.6 cm³/mol. The molecule has 0 saturated carbocycles. The Bertz CT molecular complexity index is 317. The summed E-state index contributed by atoms with van der Waals surface area (Å²) in [5.41, 5.74) is 0. The van der Waals surface area contributed by atoms with Gasteiger partial charge in [0.25, 0.3) is 0 Å². The van der Waals surface area contributed by atoms with Crippen LogP contribution < -0.4 is 4.74 Å². The van der Waals surface area contributed by atoms with Gasteiger partial charge in [-0.25, -0.2) is 0 Å². The summed E-state index contributed by atoms with van der Waals surface area (Å²) in [6.45, 7) is 3.18. The van der Waals surface area contributed by atoms with Crippen molar-refractivity contribution in [2.45, 2.75) is 26.7 Å². The fourth-order valence-corrected chi connectivity index (χ4v) is 0.959. The van der Waals surface area contributed by atoms with Crippen LogP contribution in [0.15, 0.2) is 30.3 Å². The highest BCUT2D eigenvalue weighted by molar-refractivity contribution is 5.97. The van der Waals surface area contributed by atoms with Crippen molar-refractivity contribution < 1.29 is 14.3 Å². The second-order valence-electron chi connectivity index (χ2n) is 3.29. The molecule has 0 radical (unpaired) electrons. The third-order valence-electron chi connectivity index (χ3n) is 1.82. The maximum Gasteiger partial charge on any atom is 0.139 e. The van der Waals surface area contributed by atoms with Crippen LogP contribution in [0.25, 0.3) is 0 Å². The van der Waals surface area contributed by atoms with E-state index in [1.807, 2.05) is 30.3 Å². The zero-order chi connectivity index (χ0) is 12.4. The lowest BCUT2D eigenvalue weighted by Crippen LogP contribution is -2.01. The van der Waals surface area contributed by atoms with Crippen LogP contribution in [0.4, 0.5) is 0 Å². The number of hydrogen-bond acceptors (Lipinski definition) is 3. The Morgan fingerprint density at radius 2 is 1.75 bits per heavy atom.